The Balaban J connectivity index is 1.49. The molecule has 4 rings (SSSR count). The zero-order valence-corrected chi connectivity index (χ0v) is 20.0. The molecule has 10 heteroatoms. The molecule has 1 saturated heterocycles. The van der Waals surface area contributed by atoms with Crippen molar-refractivity contribution in [2.45, 2.75) is 38.1 Å². The molecule has 3 aromatic rings. The number of hydrogen-bond donors (Lipinski definition) is 1. The third-order valence-electron chi connectivity index (χ3n) is 5.73. The first kappa shape index (κ1) is 23.4. The van der Waals surface area contributed by atoms with Crippen LogP contribution >= 0.6 is 11.6 Å². The van der Waals surface area contributed by atoms with Gasteiger partial charge in [0.05, 0.1) is 10.8 Å². The number of piperidine rings is 1. The molecule has 0 bridgehead atoms. The van der Waals surface area contributed by atoms with E-state index in [2.05, 4.69) is 15.5 Å². The van der Waals surface area contributed by atoms with Crippen LogP contribution in [0.2, 0.25) is 5.02 Å². The molecule has 174 valence electrons. The van der Waals surface area contributed by atoms with Gasteiger partial charge in [0.1, 0.15) is 0 Å². The Kier molecular flexibility index (Phi) is 6.83. The van der Waals surface area contributed by atoms with Crippen LogP contribution < -0.4 is 5.32 Å². The van der Waals surface area contributed by atoms with Crippen LogP contribution in [-0.4, -0.2) is 41.9 Å². The topological polar surface area (TPSA) is 105 Å². The van der Waals surface area contributed by atoms with Gasteiger partial charge in [0.2, 0.25) is 27.6 Å². The first-order valence-corrected chi connectivity index (χ1v) is 12.5. The molecular formula is C23H25ClN4O4S. The maximum absolute atomic E-state index is 13.5. The third kappa shape index (κ3) is 5.26. The summed E-state index contributed by atoms with van der Waals surface area (Å²) in [7, 11) is -3.80. The van der Waals surface area contributed by atoms with Gasteiger partial charge in [-0.1, -0.05) is 41.0 Å². The molecule has 8 nitrogen and oxygen atoms in total. The summed E-state index contributed by atoms with van der Waals surface area (Å²) in [6.07, 6.45) is 1.25. The minimum atomic E-state index is -3.80. The normalized spacial score (nSPS) is 17.1. The first-order chi connectivity index (χ1) is 15.7. The molecule has 2 heterocycles. The molecule has 1 amide bonds. The fourth-order valence-corrected chi connectivity index (χ4v) is 5.78. The SMILES string of the molecule is Cc1nc(-c2ccc(C)c(S(=O)(=O)N3CCC[C@@H](C(=O)NCc4ccc(Cl)cc4)C3)c2)no1. The zero-order valence-electron chi connectivity index (χ0n) is 18.4. The molecule has 0 spiro atoms. The van der Waals surface area contributed by atoms with Crippen LogP contribution in [0.1, 0.15) is 29.9 Å². The molecule has 1 N–H and O–H groups in total. The molecule has 1 aromatic heterocycles. The van der Waals surface area contributed by atoms with Crippen LogP contribution in [0.3, 0.4) is 0 Å². The lowest BCUT2D eigenvalue weighted by Crippen LogP contribution is -2.45. The third-order valence-corrected chi connectivity index (χ3v) is 7.99. The fourth-order valence-electron chi connectivity index (χ4n) is 3.88. The number of hydrogen-bond acceptors (Lipinski definition) is 6. The molecule has 0 unspecified atom stereocenters. The smallest absolute Gasteiger partial charge is 0.243 e. The molecular weight excluding hydrogens is 464 g/mol. The molecule has 1 aliphatic rings. The lowest BCUT2D eigenvalue weighted by Gasteiger charge is -2.31. The van der Waals surface area contributed by atoms with Gasteiger partial charge < -0.3 is 9.84 Å². The molecule has 33 heavy (non-hydrogen) atoms. The van der Waals surface area contributed by atoms with Crippen molar-refractivity contribution >= 4 is 27.5 Å². The number of aromatic nitrogens is 2. The van der Waals surface area contributed by atoms with Gasteiger partial charge in [-0.05, 0) is 49.1 Å². The summed E-state index contributed by atoms with van der Waals surface area (Å²) in [5.41, 5.74) is 2.11. The number of aryl methyl sites for hydroxylation is 2. The molecule has 0 radical (unpaired) electrons. The van der Waals surface area contributed by atoms with Crippen molar-refractivity contribution in [3.05, 3.63) is 64.5 Å². The number of nitrogens with zero attached hydrogens (tertiary/aromatic N) is 3. The summed E-state index contributed by atoms with van der Waals surface area (Å²) in [5.74, 6) is 0.169. The highest BCUT2D eigenvalue weighted by Gasteiger charge is 2.34. The van der Waals surface area contributed by atoms with E-state index in [-0.39, 0.29) is 17.3 Å². The van der Waals surface area contributed by atoms with Crippen molar-refractivity contribution in [3.63, 3.8) is 0 Å². The van der Waals surface area contributed by atoms with Crippen LogP contribution in [0.5, 0.6) is 0 Å². The standard InChI is InChI=1S/C23H25ClN4O4S/c1-15-5-8-18(22-26-16(2)32-27-22)12-21(15)33(30,31)28-11-3-4-19(14-28)23(29)25-13-17-6-9-20(24)10-7-17/h5-10,12,19H,3-4,11,13-14H2,1-2H3,(H,25,29)/t19-/m1/s1. The van der Waals surface area contributed by atoms with E-state index in [1.165, 1.54) is 4.31 Å². The number of amides is 1. The van der Waals surface area contributed by atoms with E-state index >= 15 is 0 Å². The Morgan fingerprint density at radius 3 is 2.67 bits per heavy atom. The second-order valence-corrected chi connectivity index (χ2v) is 10.5. The van der Waals surface area contributed by atoms with E-state index in [0.29, 0.717) is 53.8 Å². The quantitative estimate of drug-likeness (QED) is 0.566. The van der Waals surface area contributed by atoms with Gasteiger partial charge >= 0.3 is 0 Å². The fraction of sp³-hybridized carbons (Fsp3) is 0.348. The second kappa shape index (κ2) is 9.62. The van der Waals surface area contributed by atoms with E-state index in [0.717, 1.165) is 5.56 Å². The van der Waals surface area contributed by atoms with Crippen LogP contribution in [-0.2, 0) is 21.4 Å². The molecule has 1 atom stereocenters. The maximum atomic E-state index is 13.5. The Morgan fingerprint density at radius 2 is 1.97 bits per heavy atom. The van der Waals surface area contributed by atoms with Gasteiger partial charge in [0.25, 0.3) is 0 Å². The number of rotatable bonds is 6. The van der Waals surface area contributed by atoms with E-state index < -0.39 is 15.9 Å². The van der Waals surface area contributed by atoms with Crippen molar-refractivity contribution in [3.8, 4) is 11.4 Å². The maximum Gasteiger partial charge on any atom is 0.243 e. The largest absolute Gasteiger partial charge is 0.352 e. The molecule has 1 fully saturated rings. The van der Waals surface area contributed by atoms with Gasteiger partial charge in [-0.2, -0.15) is 9.29 Å². The number of carbonyl (C=O) groups excluding carboxylic acids is 1. The minimum absolute atomic E-state index is 0.139. The second-order valence-electron chi connectivity index (χ2n) is 8.16. The lowest BCUT2D eigenvalue weighted by molar-refractivity contribution is -0.126. The lowest BCUT2D eigenvalue weighted by atomic mass is 9.99. The summed E-state index contributed by atoms with van der Waals surface area (Å²) in [6, 6.07) is 12.3. The number of benzene rings is 2. The highest BCUT2D eigenvalue weighted by atomic mass is 35.5. The van der Waals surface area contributed by atoms with E-state index in [4.69, 9.17) is 16.1 Å². The average molecular weight is 489 g/mol. The summed E-state index contributed by atoms with van der Waals surface area (Å²) >= 11 is 5.90. The Hall–Kier alpha value is -2.75. The summed E-state index contributed by atoms with van der Waals surface area (Å²) in [5, 5.41) is 7.43. The predicted molar refractivity (Wildman–Crippen MR) is 124 cm³/mol. The predicted octanol–water partition coefficient (Wildman–Crippen LogP) is 3.72. The number of sulfonamides is 1. The van der Waals surface area contributed by atoms with Gasteiger partial charge in [-0.15, -0.1) is 0 Å². The highest BCUT2D eigenvalue weighted by Crippen LogP contribution is 2.29. The Morgan fingerprint density at radius 1 is 1.21 bits per heavy atom. The van der Waals surface area contributed by atoms with Gasteiger partial charge in [0, 0.05) is 37.1 Å². The van der Waals surface area contributed by atoms with Gasteiger partial charge in [0.15, 0.2) is 0 Å². The highest BCUT2D eigenvalue weighted by molar-refractivity contribution is 7.89. The van der Waals surface area contributed by atoms with Crippen molar-refractivity contribution in [2.24, 2.45) is 5.92 Å². The van der Waals surface area contributed by atoms with E-state index in [1.807, 2.05) is 12.1 Å². The molecule has 2 aromatic carbocycles. The van der Waals surface area contributed by atoms with Crippen molar-refractivity contribution in [1.29, 1.82) is 0 Å². The van der Waals surface area contributed by atoms with Crippen LogP contribution in [0, 0.1) is 19.8 Å². The summed E-state index contributed by atoms with van der Waals surface area (Å²) in [6.45, 7) is 4.30. The number of halogens is 1. The molecule has 0 saturated carbocycles. The monoisotopic (exact) mass is 488 g/mol. The van der Waals surface area contributed by atoms with Crippen molar-refractivity contribution in [1.82, 2.24) is 19.8 Å². The first-order valence-electron chi connectivity index (χ1n) is 10.7. The number of carbonyl (C=O) groups is 1. The average Bonchev–Trinajstić information content (AvgIpc) is 3.25. The van der Waals surface area contributed by atoms with Crippen LogP contribution in [0.25, 0.3) is 11.4 Å². The summed E-state index contributed by atoms with van der Waals surface area (Å²) in [4.78, 5) is 17.1. The van der Waals surface area contributed by atoms with Crippen molar-refractivity contribution in [2.75, 3.05) is 13.1 Å². The van der Waals surface area contributed by atoms with Crippen LogP contribution in [0.4, 0.5) is 0 Å². The molecule has 1 aliphatic heterocycles. The van der Waals surface area contributed by atoms with Gasteiger partial charge in [-0.25, -0.2) is 8.42 Å². The number of nitrogens with one attached hydrogen (secondary N) is 1. The minimum Gasteiger partial charge on any atom is -0.352 e. The summed E-state index contributed by atoms with van der Waals surface area (Å²) < 4.78 is 33.4. The van der Waals surface area contributed by atoms with Crippen LogP contribution in [0.15, 0.2) is 51.9 Å². The van der Waals surface area contributed by atoms with E-state index in [1.54, 1.807) is 44.2 Å². The van der Waals surface area contributed by atoms with E-state index in [9.17, 15) is 13.2 Å². The van der Waals surface area contributed by atoms with Gasteiger partial charge in [-0.3, -0.25) is 4.79 Å². The Labute approximate surface area is 198 Å². The Bertz CT molecular complexity index is 1260. The molecule has 0 aliphatic carbocycles. The van der Waals surface area contributed by atoms with Crippen molar-refractivity contribution < 1.29 is 17.7 Å². The zero-order chi connectivity index (χ0) is 23.6.